The molecular weight excluding hydrogens is 398 g/mol. The first-order valence-electron chi connectivity index (χ1n) is 10.9. The molecule has 0 saturated carbocycles. The van der Waals surface area contributed by atoms with E-state index in [0.29, 0.717) is 45.1 Å². The van der Waals surface area contributed by atoms with Gasteiger partial charge < -0.3 is 19.3 Å². The number of carbonyl (C=O) groups is 3. The van der Waals surface area contributed by atoms with Crippen molar-refractivity contribution >= 4 is 23.6 Å². The van der Waals surface area contributed by atoms with Crippen LogP contribution >= 0.6 is 0 Å². The predicted molar refractivity (Wildman–Crippen MR) is 117 cm³/mol. The van der Waals surface area contributed by atoms with Gasteiger partial charge in [0.15, 0.2) is 0 Å². The third kappa shape index (κ3) is 6.95. The molecule has 0 bridgehead atoms. The number of amides is 3. The Balaban J connectivity index is 1.51. The van der Waals surface area contributed by atoms with Gasteiger partial charge >= 0.3 is 6.09 Å². The summed E-state index contributed by atoms with van der Waals surface area (Å²) in [7, 11) is 0. The molecule has 8 heteroatoms. The average Bonchev–Trinajstić information content (AvgIpc) is 2.74. The molecule has 2 heterocycles. The summed E-state index contributed by atoms with van der Waals surface area (Å²) in [6.45, 7) is 9.01. The minimum absolute atomic E-state index is 0.0207. The van der Waals surface area contributed by atoms with Crippen molar-refractivity contribution in [3.8, 4) is 0 Å². The highest BCUT2D eigenvalue weighted by Gasteiger charge is 2.31. The van der Waals surface area contributed by atoms with Crippen molar-refractivity contribution in [2.75, 3.05) is 44.7 Å². The summed E-state index contributed by atoms with van der Waals surface area (Å²) in [6.07, 6.45) is 1.42. The standard InChI is InChI=1S/C23H33N3O5/c1-23(2,3)31-22(29)24-19-8-6-17(7-9-19)15-20(27)26-10-4-5-18(16-26)21(28)25-11-13-30-14-12-25/h6-9,18H,4-5,10-16H2,1-3H3,(H,24,29)/t18-/m0/s1. The van der Waals surface area contributed by atoms with E-state index in [1.165, 1.54) is 0 Å². The minimum Gasteiger partial charge on any atom is -0.444 e. The molecule has 1 aromatic carbocycles. The molecule has 1 aromatic rings. The summed E-state index contributed by atoms with van der Waals surface area (Å²) in [5, 5.41) is 2.68. The van der Waals surface area contributed by atoms with Gasteiger partial charge in [0, 0.05) is 31.9 Å². The van der Waals surface area contributed by atoms with Crippen LogP contribution < -0.4 is 5.32 Å². The smallest absolute Gasteiger partial charge is 0.412 e. The number of rotatable bonds is 4. The minimum atomic E-state index is -0.564. The lowest BCUT2D eigenvalue weighted by Gasteiger charge is -2.36. The number of piperidine rings is 1. The fourth-order valence-corrected chi connectivity index (χ4v) is 3.86. The monoisotopic (exact) mass is 431 g/mol. The molecule has 0 aliphatic carbocycles. The number of morpholine rings is 1. The SMILES string of the molecule is CC(C)(C)OC(=O)Nc1ccc(CC(=O)N2CCC[C@H](C(=O)N3CCOCC3)C2)cc1. The second-order valence-corrected chi connectivity index (χ2v) is 9.12. The molecule has 1 N–H and O–H groups in total. The van der Waals surface area contributed by atoms with Gasteiger partial charge in [-0.05, 0) is 51.3 Å². The van der Waals surface area contributed by atoms with Crippen molar-refractivity contribution in [2.45, 2.75) is 45.6 Å². The fourth-order valence-electron chi connectivity index (χ4n) is 3.86. The van der Waals surface area contributed by atoms with E-state index in [1.807, 2.05) is 17.0 Å². The number of hydrogen-bond acceptors (Lipinski definition) is 5. The van der Waals surface area contributed by atoms with E-state index in [1.54, 1.807) is 37.8 Å². The highest BCUT2D eigenvalue weighted by atomic mass is 16.6. The van der Waals surface area contributed by atoms with Crippen molar-refractivity contribution < 1.29 is 23.9 Å². The van der Waals surface area contributed by atoms with Crippen LogP contribution in [0.2, 0.25) is 0 Å². The molecule has 2 aliphatic rings. The van der Waals surface area contributed by atoms with E-state index in [4.69, 9.17) is 9.47 Å². The second-order valence-electron chi connectivity index (χ2n) is 9.12. The Morgan fingerprint density at radius 1 is 1.06 bits per heavy atom. The summed E-state index contributed by atoms with van der Waals surface area (Å²) in [5.74, 6) is 0.0295. The zero-order valence-electron chi connectivity index (χ0n) is 18.7. The first-order valence-corrected chi connectivity index (χ1v) is 10.9. The Kier molecular flexibility index (Phi) is 7.54. The summed E-state index contributed by atoms with van der Waals surface area (Å²) in [5.41, 5.74) is 0.910. The fraction of sp³-hybridized carbons (Fsp3) is 0.609. The second kappa shape index (κ2) is 10.1. The molecular formula is C23H33N3O5. The van der Waals surface area contributed by atoms with Gasteiger partial charge in [0.1, 0.15) is 5.60 Å². The van der Waals surface area contributed by atoms with Crippen molar-refractivity contribution in [1.29, 1.82) is 0 Å². The van der Waals surface area contributed by atoms with Gasteiger partial charge in [-0.15, -0.1) is 0 Å². The van der Waals surface area contributed by atoms with Gasteiger partial charge in [-0.1, -0.05) is 12.1 Å². The third-order valence-electron chi connectivity index (χ3n) is 5.40. The van der Waals surface area contributed by atoms with Crippen LogP contribution in [0.1, 0.15) is 39.2 Å². The largest absolute Gasteiger partial charge is 0.444 e. The number of nitrogens with one attached hydrogen (secondary N) is 1. The molecule has 2 fully saturated rings. The topological polar surface area (TPSA) is 88.2 Å². The number of hydrogen-bond donors (Lipinski definition) is 1. The van der Waals surface area contributed by atoms with Crippen molar-refractivity contribution in [3.05, 3.63) is 29.8 Å². The highest BCUT2D eigenvalue weighted by Crippen LogP contribution is 2.21. The van der Waals surface area contributed by atoms with Crippen LogP contribution in [0.15, 0.2) is 24.3 Å². The quantitative estimate of drug-likeness (QED) is 0.792. The maximum Gasteiger partial charge on any atom is 0.412 e. The first-order chi connectivity index (χ1) is 14.7. The van der Waals surface area contributed by atoms with E-state index in [0.717, 1.165) is 18.4 Å². The van der Waals surface area contributed by atoms with E-state index in [2.05, 4.69) is 5.32 Å². The Bertz CT molecular complexity index is 781. The molecule has 0 spiro atoms. The maximum absolute atomic E-state index is 12.8. The van der Waals surface area contributed by atoms with Gasteiger partial charge in [-0.3, -0.25) is 14.9 Å². The van der Waals surface area contributed by atoms with Crippen molar-refractivity contribution in [2.24, 2.45) is 5.92 Å². The van der Waals surface area contributed by atoms with Gasteiger partial charge in [0.2, 0.25) is 11.8 Å². The number of benzene rings is 1. The lowest BCUT2D eigenvalue weighted by Crippen LogP contribution is -2.49. The van der Waals surface area contributed by atoms with E-state index < -0.39 is 11.7 Å². The van der Waals surface area contributed by atoms with Crippen molar-refractivity contribution in [1.82, 2.24) is 9.80 Å². The maximum atomic E-state index is 12.8. The van der Waals surface area contributed by atoms with Gasteiger partial charge in [0.05, 0.1) is 25.6 Å². The number of nitrogens with zero attached hydrogens (tertiary/aromatic N) is 2. The molecule has 170 valence electrons. The van der Waals surface area contributed by atoms with Gasteiger partial charge in [0.25, 0.3) is 0 Å². The summed E-state index contributed by atoms with van der Waals surface area (Å²) >= 11 is 0. The number of anilines is 1. The third-order valence-corrected chi connectivity index (χ3v) is 5.40. The zero-order chi connectivity index (χ0) is 22.4. The van der Waals surface area contributed by atoms with Crippen LogP contribution in [0, 0.1) is 5.92 Å². The summed E-state index contributed by atoms with van der Waals surface area (Å²) in [6, 6.07) is 7.16. The molecule has 2 aliphatic heterocycles. The Hall–Kier alpha value is -2.61. The van der Waals surface area contributed by atoms with E-state index in [9.17, 15) is 14.4 Å². The normalized spacial score (nSPS) is 19.6. The molecule has 0 unspecified atom stereocenters. The number of carbonyl (C=O) groups excluding carboxylic acids is 3. The van der Waals surface area contributed by atoms with E-state index >= 15 is 0 Å². The molecule has 3 amide bonds. The van der Waals surface area contributed by atoms with Crippen LogP contribution in [-0.2, 0) is 25.5 Å². The lowest BCUT2D eigenvalue weighted by molar-refractivity contribution is -0.143. The predicted octanol–water partition coefficient (Wildman–Crippen LogP) is 2.67. The van der Waals surface area contributed by atoms with Crippen LogP contribution in [0.4, 0.5) is 10.5 Å². The Labute approximate surface area is 183 Å². The van der Waals surface area contributed by atoms with Crippen LogP contribution in [-0.4, -0.2) is 72.7 Å². The van der Waals surface area contributed by atoms with Gasteiger partial charge in [-0.2, -0.15) is 0 Å². The zero-order valence-corrected chi connectivity index (χ0v) is 18.7. The molecule has 0 radical (unpaired) electrons. The highest BCUT2D eigenvalue weighted by molar-refractivity contribution is 5.85. The van der Waals surface area contributed by atoms with Crippen molar-refractivity contribution in [3.63, 3.8) is 0 Å². The van der Waals surface area contributed by atoms with E-state index in [-0.39, 0.29) is 24.2 Å². The van der Waals surface area contributed by atoms with Gasteiger partial charge in [-0.25, -0.2) is 4.79 Å². The Morgan fingerprint density at radius 2 is 1.74 bits per heavy atom. The molecule has 3 rings (SSSR count). The summed E-state index contributed by atoms with van der Waals surface area (Å²) < 4.78 is 10.6. The molecule has 31 heavy (non-hydrogen) atoms. The molecule has 8 nitrogen and oxygen atoms in total. The average molecular weight is 432 g/mol. The van der Waals surface area contributed by atoms with Crippen LogP contribution in [0.5, 0.6) is 0 Å². The first kappa shape index (κ1) is 23.1. The lowest BCUT2D eigenvalue weighted by atomic mass is 9.95. The number of ether oxygens (including phenoxy) is 2. The summed E-state index contributed by atoms with van der Waals surface area (Å²) in [4.78, 5) is 41.1. The molecule has 1 atom stereocenters. The molecule has 2 saturated heterocycles. The van der Waals surface area contributed by atoms with Crippen LogP contribution in [0.3, 0.4) is 0 Å². The number of likely N-dealkylation sites (tertiary alicyclic amines) is 1. The van der Waals surface area contributed by atoms with Crippen LogP contribution in [0.25, 0.3) is 0 Å². The Morgan fingerprint density at radius 3 is 2.39 bits per heavy atom. The molecule has 0 aromatic heterocycles.